The Kier molecular flexibility index (Phi) is 4.71. The predicted molar refractivity (Wildman–Crippen MR) is 74.3 cm³/mol. The lowest BCUT2D eigenvalue weighted by Crippen LogP contribution is -2.14. The molecule has 0 fully saturated rings. The molecule has 0 aliphatic carbocycles. The predicted octanol–water partition coefficient (Wildman–Crippen LogP) is 2.33. The number of hydrogen-bond donors (Lipinski definition) is 1. The van der Waals surface area contributed by atoms with E-state index in [0.717, 1.165) is 0 Å². The quantitative estimate of drug-likeness (QED) is 0.831. The first kappa shape index (κ1) is 14.2. The first-order chi connectivity index (χ1) is 9.07. The summed E-state index contributed by atoms with van der Waals surface area (Å²) in [5, 5.41) is 11.6. The second-order valence-electron chi connectivity index (χ2n) is 4.00. The highest BCUT2D eigenvalue weighted by Crippen LogP contribution is 2.20. The van der Waals surface area contributed by atoms with Crippen molar-refractivity contribution in [1.29, 1.82) is 0 Å². The van der Waals surface area contributed by atoms with Gasteiger partial charge in [0.1, 0.15) is 11.9 Å². The summed E-state index contributed by atoms with van der Waals surface area (Å²) in [4.78, 5) is 0.690. The van der Waals surface area contributed by atoms with Crippen molar-refractivity contribution >= 4 is 21.5 Å². The minimum atomic E-state index is -3.68. The van der Waals surface area contributed by atoms with Crippen LogP contribution in [0.5, 0.6) is 0 Å². The minimum absolute atomic E-state index is 0.189. The van der Waals surface area contributed by atoms with E-state index in [1.54, 1.807) is 36.4 Å². The van der Waals surface area contributed by atoms with Crippen LogP contribution in [0.4, 0.5) is 0 Å². The van der Waals surface area contributed by atoms with Crippen molar-refractivity contribution in [3.8, 4) is 0 Å². The molecule has 6 heteroatoms. The Morgan fingerprint density at radius 3 is 2.53 bits per heavy atom. The molecule has 0 saturated carbocycles. The van der Waals surface area contributed by atoms with E-state index in [1.807, 2.05) is 11.4 Å². The van der Waals surface area contributed by atoms with Gasteiger partial charge < -0.3 is 5.11 Å². The van der Waals surface area contributed by atoms with Crippen LogP contribution in [0.25, 0.3) is 0 Å². The zero-order chi connectivity index (χ0) is 13.7. The third-order valence-electron chi connectivity index (χ3n) is 2.46. The molecule has 0 unspecified atom stereocenters. The molecule has 1 atom stereocenters. The fourth-order valence-electron chi connectivity index (χ4n) is 1.55. The minimum Gasteiger partial charge on any atom is -0.385 e. The second-order valence-corrected chi connectivity index (χ2v) is 6.62. The summed E-state index contributed by atoms with van der Waals surface area (Å²) in [5.41, 5.74) is 0.660. The first-order valence-electron chi connectivity index (χ1n) is 5.69. The van der Waals surface area contributed by atoms with Crippen LogP contribution in [-0.4, -0.2) is 20.1 Å². The highest BCUT2D eigenvalue weighted by atomic mass is 32.2. The average Bonchev–Trinajstić information content (AvgIpc) is 2.91. The van der Waals surface area contributed by atoms with Crippen LogP contribution in [0.1, 0.15) is 16.5 Å². The Balaban J connectivity index is 1.91. The summed E-state index contributed by atoms with van der Waals surface area (Å²) in [5.74, 6) is -0.189. The van der Waals surface area contributed by atoms with Crippen LogP contribution in [0.3, 0.4) is 0 Å². The van der Waals surface area contributed by atoms with Gasteiger partial charge in [-0.05, 0) is 17.0 Å². The molecule has 1 aromatic heterocycles. The Hall–Kier alpha value is -1.21. The molecule has 102 valence electrons. The van der Waals surface area contributed by atoms with Gasteiger partial charge in [0.2, 0.25) is 0 Å². The summed E-state index contributed by atoms with van der Waals surface area (Å²) in [6.45, 7) is -0.254. The van der Waals surface area contributed by atoms with Crippen molar-refractivity contribution in [3.05, 3.63) is 58.3 Å². The highest BCUT2D eigenvalue weighted by molar-refractivity contribution is 7.85. The van der Waals surface area contributed by atoms with E-state index in [0.29, 0.717) is 10.4 Å². The summed E-state index contributed by atoms with van der Waals surface area (Å²) < 4.78 is 28.3. The van der Waals surface area contributed by atoms with Gasteiger partial charge in [-0.2, -0.15) is 8.42 Å². The van der Waals surface area contributed by atoms with E-state index in [1.165, 1.54) is 11.3 Å². The highest BCUT2D eigenvalue weighted by Gasteiger charge is 2.16. The Morgan fingerprint density at radius 2 is 1.89 bits per heavy atom. The van der Waals surface area contributed by atoms with Crippen LogP contribution in [0.15, 0.2) is 47.8 Å². The van der Waals surface area contributed by atoms with E-state index in [2.05, 4.69) is 0 Å². The number of hydrogen-bond acceptors (Lipinski definition) is 5. The van der Waals surface area contributed by atoms with Gasteiger partial charge in [-0.25, -0.2) is 0 Å². The van der Waals surface area contributed by atoms with Crippen molar-refractivity contribution in [1.82, 2.24) is 0 Å². The SMILES string of the molecule is O=S(=O)(Cc1ccccc1)OC[C@H](O)c1cccs1. The molecule has 0 radical (unpaired) electrons. The number of thiophene rings is 1. The molecule has 2 aromatic rings. The lowest BCUT2D eigenvalue weighted by atomic mass is 10.2. The van der Waals surface area contributed by atoms with E-state index < -0.39 is 16.2 Å². The van der Waals surface area contributed by atoms with Crippen LogP contribution >= 0.6 is 11.3 Å². The van der Waals surface area contributed by atoms with Crippen molar-refractivity contribution in [2.24, 2.45) is 0 Å². The summed E-state index contributed by atoms with van der Waals surface area (Å²) >= 11 is 1.36. The summed E-state index contributed by atoms with van der Waals surface area (Å²) in [6, 6.07) is 12.3. The van der Waals surface area contributed by atoms with Gasteiger partial charge in [0.05, 0.1) is 6.61 Å². The maximum absolute atomic E-state index is 11.7. The zero-order valence-electron chi connectivity index (χ0n) is 10.1. The Bertz CT molecular complexity index is 591. The molecule has 1 N–H and O–H groups in total. The molecule has 0 saturated heterocycles. The number of aliphatic hydroxyl groups excluding tert-OH is 1. The molecule has 0 amide bonds. The van der Waals surface area contributed by atoms with E-state index in [-0.39, 0.29) is 12.4 Å². The fourth-order valence-corrected chi connectivity index (χ4v) is 3.27. The number of aliphatic hydroxyl groups is 1. The first-order valence-corrected chi connectivity index (χ1v) is 8.15. The summed E-state index contributed by atoms with van der Waals surface area (Å²) in [7, 11) is -3.68. The maximum atomic E-state index is 11.7. The molecular formula is C13H14O4S2. The smallest absolute Gasteiger partial charge is 0.271 e. The van der Waals surface area contributed by atoms with Crippen molar-refractivity contribution < 1.29 is 17.7 Å². The van der Waals surface area contributed by atoms with Crippen LogP contribution in [0, 0.1) is 0 Å². The molecule has 0 spiro atoms. The third kappa shape index (κ3) is 4.43. The van der Waals surface area contributed by atoms with Gasteiger partial charge >= 0.3 is 0 Å². The van der Waals surface area contributed by atoms with Crippen LogP contribution < -0.4 is 0 Å². The van der Waals surface area contributed by atoms with Gasteiger partial charge in [-0.3, -0.25) is 4.18 Å². The lowest BCUT2D eigenvalue weighted by Gasteiger charge is -2.09. The zero-order valence-corrected chi connectivity index (χ0v) is 11.7. The normalized spacial score (nSPS) is 13.3. The van der Waals surface area contributed by atoms with Crippen LogP contribution in [-0.2, 0) is 20.1 Å². The van der Waals surface area contributed by atoms with Crippen molar-refractivity contribution in [2.75, 3.05) is 6.61 Å². The average molecular weight is 298 g/mol. The third-order valence-corrected chi connectivity index (χ3v) is 4.62. The maximum Gasteiger partial charge on any atom is 0.271 e. The molecule has 0 bridgehead atoms. The lowest BCUT2D eigenvalue weighted by molar-refractivity contribution is 0.114. The Labute approximate surface area is 116 Å². The molecule has 19 heavy (non-hydrogen) atoms. The van der Waals surface area contributed by atoms with Gasteiger partial charge in [-0.1, -0.05) is 36.4 Å². The molecule has 0 aliphatic rings. The van der Waals surface area contributed by atoms with E-state index in [4.69, 9.17) is 4.18 Å². The number of rotatable bonds is 6. The van der Waals surface area contributed by atoms with Gasteiger partial charge in [0.15, 0.2) is 0 Å². The molecule has 1 heterocycles. The van der Waals surface area contributed by atoms with Gasteiger partial charge in [0.25, 0.3) is 10.1 Å². The van der Waals surface area contributed by atoms with E-state index >= 15 is 0 Å². The number of benzene rings is 1. The molecule has 0 aliphatic heterocycles. The molecule has 1 aromatic carbocycles. The van der Waals surface area contributed by atoms with E-state index in [9.17, 15) is 13.5 Å². The molecule has 4 nitrogen and oxygen atoms in total. The summed E-state index contributed by atoms with van der Waals surface area (Å²) in [6.07, 6.45) is -0.912. The van der Waals surface area contributed by atoms with Gasteiger partial charge in [-0.15, -0.1) is 11.3 Å². The molecular weight excluding hydrogens is 284 g/mol. The van der Waals surface area contributed by atoms with Crippen molar-refractivity contribution in [3.63, 3.8) is 0 Å². The molecule has 2 rings (SSSR count). The largest absolute Gasteiger partial charge is 0.385 e. The second kappa shape index (κ2) is 6.29. The van der Waals surface area contributed by atoms with Gasteiger partial charge in [0, 0.05) is 4.88 Å². The van der Waals surface area contributed by atoms with Crippen molar-refractivity contribution in [2.45, 2.75) is 11.9 Å². The topological polar surface area (TPSA) is 63.6 Å². The van der Waals surface area contributed by atoms with Crippen LogP contribution in [0.2, 0.25) is 0 Å². The fraction of sp³-hybridized carbons (Fsp3) is 0.231. The monoisotopic (exact) mass is 298 g/mol. The standard InChI is InChI=1S/C13H14O4S2/c14-12(13-7-4-8-18-13)9-17-19(15,16)10-11-5-2-1-3-6-11/h1-8,12,14H,9-10H2/t12-/m0/s1. The Morgan fingerprint density at radius 1 is 1.16 bits per heavy atom.